The van der Waals surface area contributed by atoms with Crippen molar-refractivity contribution in [3.05, 3.63) is 27.7 Å². The summed E-state index contributed by atoms with van der Waals surface area (Å²) in [5.41, 5.74) is -0.356. The van der Waals surface area contributed by atoms with Crippen molar-refractivity contribution in [2.75, 3.05) is 0 Å². The molecule has 1 aromatic rings. The van der Waals surface area contributed by atoms with E-state index in [9.17, 15) is 4.79 Å². The molecule has 2 atom stereocenters. The molecule has 0 N–H and O–H groups in total. The molecule has 2 unspecified atom stereocenters. The van der Waals surface area contributed by atoms with Crippen molar-refractivity contribution < 1.29 is 9.53 Å². The van der Waals surface area contributed by atoms with Crippen molar-refractivity contribution >= 4 is 33.3 Å². The molecule has 92 valence electrons. The fourth-order valence-electron chi connectivity index (χ4n) is 1.99. The van der Waals surface area contributed by atoms with Crippen molar-refractivity contribution in [3.63, 3.8) is 0 Å². The SMILES string of the molecule is CCC1(C)C(=O)CC1Oc1cc(Br)ccc1Cl. The van der Waals surface area contributed by atoms with Gasteiger partial charge in [-0.05, 0) is 31.5 Å². The standard InChI is InChI=1S/C13H14BrClO2/c1-3-13(2)11(16)7-12(13)17-10-6-8(14)4-5-9(10)15/h4-6,12H,3,7H2,1-2H3. The van der Waals surface area contributed by atoms with E-state index in [0.29, 0.717) is 17.2 Å². The summed E-state index contributed by atoms with van der Waals surface area (Å²) < 4.78 is 6.77. The normalized spacial score (nSPS) is 27.8. The van der Waals surface area contributed by atoms with Crippen molar-refractivity contribution in [1.82, 2.24) is 0 Å². The maximum absolute atomic E-state index is 11.6. The van der Waals surface area contributed by atoms with Crippen LogP contribution in [0, 0.1) is 5.41 Å². The average Bonchev–Trinajstić information content (AvgIpc) is 2.32. The van der Waals surface area contributed by atoms with Crippen molar-refractivity contribution in [2.24, 2.45) is 5.41 Å². The summed E-state index contributed by atoms with van der Waals surface area (Å²) in [4.78, 5) is 11.6. The van der Waals surface area contributed by atoms with Crippen LogP contribution in [0.4, 0.5) is 0 Å². The van der Waals surface area contributed by atoms with Crippen LogP contribution < -0.4 is 4.74 Å². The minimum Gasteiger partial charge on any atom is -0.487 e. The number of carbonyl (C=O) groups is 1. The quantitative estimate of drug-likeness (QED) is 0.833. The van der Waals surface area contributed by atoms with Crippen molar-refractivity contribution in [2.45, 2.75) is 32.8 Å². The summed E-state index contributed by atoms with van der Waals surface area (Å²) in [6.45, 7) is 3.96. The monoisotopic (exact) mass is 316 g/mol. The van der Waals surface area contributed by atoms with Gasteiger partial charge in [0.25, 0.3) is 0 Å². The molecule has 0 saturated heterocycles. The molecule has 1 aliphatic carbocycles. The molecule has 0 spiro atoms. The second-order valence-electron chi connectivity index (χ2n) is 4.58. The van der Waals surface area contributed by atoms with Crippen LogP contribution in [-0.2, 0) is 4.79 Å². The molecule has 1 saturated carbocycles. The molecule has 2 rings (SSSR count). The summed E-state index contributed by atoms with van der Waals surface area (Å²) in [6.07, 6.45) is 1.21. The van der Waals surface area contributed by atoms with E-state index < -0.39 is 0 Å². The Bertz CT molecular complexity index is 461. The molecule has 1 aromatic carbocycles. The number of carbonyl (C=O) groups excluding carboxylic acids is 1. The van der Waals surface area contributed by atoms with Crippen LogP contribution in [0.2, 0.25) is 5.02 Å². The minimum atomic E-state index is -0.356. The summed E-state index contributed by atoms with van der Waals surface area (Å²) in [6, 6.07) is 5.48. The Morgan fingerprint density at radius 2 is 2.29 bits per heavy atom. The third kappa shape index (κ3) is 2.23. The van der Waals surface area contributed by atoms with Crippen LogP contribution in [0.1, 0.15) is 26.7 Å². The van der Waals surface area contributed by atoms with Gasteiger partial charge in [0, 0.05) is 10.9 Å². The highest BCUT2D eigenvalue weighted by Gasteiger charge is 2.51. The zero-order chi connectivity index (χ0) is 12.6. The fourth-order valence-corrected chi connectivity index (χ4v) is 2.49. The van der Waals surface area contributed by atoms with Gasteiger partial charge in [-0.25, -0.2) is 0 Å². The van der Waals surface area contributed by atoms with E-state index in [2.05, 4.69) is 15.9 Å². The molecule has 2 nitrogen and oxygen atoms in total. The zero-order valence-corrected chi connectivity index (χ0v) is 12.1. The van der Waals surface area contributed by atoms with Crippen LogP contribution in [-0.4, -0.2) is 11.9 Å². The number of hydrogen-bond acceptors (Lipinski definition) is 2. The number of Topliss-reactive ketones (excluding diaryl/α,β-unsaturated/α-hetero) is 1. The molecule has 0 radical (unpaired) electrons. The van der Waals surface area contributed by atoms with Crippen molar-refractivity contribution in [1.29, 1.82) is 0 Å². The lowest BCUT2D eigenvalue weighted by Crippen LogP contribution is -2.54. The average molecular weight is 318 g/mol. The first kappa shape index (κ1) is 12.9. The first-order chi connectivity index (χ1) is 7.97. The Hall–Kier alpha value is -0.540. The lowest BCUT2D eigenvalue weighted by molar-refractivity contribution is -0.150. The van der Waals surface area contributed by atoms with Crippen molar-refractivity contribution in [3.8, 4) is 5.75 Å². The predicted octanol–water partition coefficient (Wildman–Crippen LogP) is 4.24. The van der Waals surface area contributed by atoms with E-state index in [4.69, 9.17) is 16.3 Å². The van der Waals surface area contributed by atoms with E-state index in [-0.39, 0.29) is 17.3 Å². The van der Waals surface area contributed by atoms with Crippen LogP contribution in [0.15, 0.2) is 22.7 Å². The van der Waals surface area contributed by atoms with Gasteiger partial charge < -0.3 is 4.74 Å². The number of rotatable bonds is 3. The van der Waals surface area contributed by atoms with E-state index >= 15 is 0 Å². The molecule has 1 aliphatic rings. The maximum atomic E-state index is 11.6. The van der Waals surface area contributed by atoms with Gasteiger partial charge >= 0.3 is 0 Å². The highest BCUT2D eigenvalue weighted by molar-refractivity contribution is 9.10. The second-order valence-corrected chi connectivity index (χ2v) is 5.90. The summed E-state index contributed by atoms with van der Waals surface area (Å²) in [5.74, 6) is 0.911. The topological polar surface area (TPSA) is 26.3 Å². The van der Waals surface area contributed by atoms with E-state index in [1.54, 1.807) is 6.07 Å². The van der Waals surface area contributed by atoms with Gasteiger partial charge in [0.2, 0.25) is 0 Å². The van der Waals surface area contributed by atoms with Crippen LogP contribution in [0.3, 0.4) is 0 Å². The third-order valence-electron chi connectivity index (χ3n) is 3.62. The van der Waals surface area contributed by atoms with Gasteiger partial charge in [0.15, 0.2) is 0 Å². The molecule has 0 aromatic heterocycles. The molecule has 17 heavy (non-hydrogen) atoms. The smallest absolute Gasteiger partial charge is 0.146 e. The fraction of sp³-hybridized carbons (Fsp3) is 0.462. The highest BCUT2D eigenvalue weighted by Crippen LogP contribution is 2.43. The predicted molar refractivity (Wildman–Crippen MR) is 71.6 cm³/mol. The first-order valence-corrected chi connectivity index (χ1v) is 6.79. The Morgan fingerprint density at radius 1 is 1.59 bits per heavy atom. The molecule has 0 aliphatic heterocycles. The van der Waals surface area contributed by atoms with Crippen LogP contribution in [0.25, 0.3) is 0 Å². The van der Waals surface area contributed by atoms with Gasteiger partial charge in [-0.2, -0.15) is 0 Å². The Labute approximate surface area is 114 Å². The zero-order valence-electron chi connectivity index (χ0n) is 9.80. The van der Waals surface area contributed by atoms with Crippen LogP contribution in [0.5, 0.6) is 5.75 Å². The maximum Gasteiger partial charge on any atom is 0.146 e. The number of benzene rings is 1. The number of ether oxygens (including phenoxy) is 1. The molecule has 0 bridgehead atoms. The number of ketones is 1. The third-order valence-corrected chi connectivity index (χ3v) is 4.42. The van der Waals surface area contributed by atoms with E-state index in [0.717, 1.165) is 10.9 Å². The molecule has 4 heteroatoms. The largest absolute Gasteiger partial charge is 0.487 e. The van der Waals surface area contributed by atoms with E-state index in [1.165, 1.54) is 0 Å². The Kier molecular flexibility index (Phi) is 3.50. The Morgan fingerprint density at radius 3 is 2.88 bits per heavy atom. The summed E-state index contributed by atoms with van der Waals surface area (Å²) in [7, 11) is 0. The molecule has 1 fully saturated rings. The van der Waals surface area contributed by atoms with Gasteiger partial charge in [0.1, 0.15) is 17.6 Å². The number of hydrogen-bond donors (Lipinski definition) is 0. The van der Waals surface area contributed by atoms with E-state index in [1.807, 2.05) is 26.0 Å². The second kappa shape index (κ2) is 4.62. The lowest BCUT2D eigenvalue weighted by Gasteiger charge is -2.44. The molecular weight excluding hydrogens is 303 g/mol. The molecular formula is C13H14BrClO2. The van der Waals surface area contributed by atoms with Gasteiger partial charge in [-0.3, -0.25) is 4.79 Å². The Balaban J connectivity index is 2.17. The minimum absolute atomic E-state index is 0.0631. The van der Waals surface area contributed by atoms with Crippen LogP contribution >= 0.6 is 27.5 Å². The van der Waals surface area contributed by atoms with Gasteiger partial charge in [0.05, 0.1) is 10.4 Å². The molecule has 0 amide bonds. The summed E-state index contributed by atoms with van der Waals surface area (Å²) in [5, 5.41) is 0.575. The lowest BCUT2D eigenvalue weighted by atomic mass is 9.64. The number of halogens is 2. The highest BCUT2D eigenvalue weighted by atomic mass is 79.9. The summed E-state index contributed by atoms with van der Waals surface area (Å²) >= 11 is 9.44. The van der Waals surface area contributed by atoms with Gasteiger partial charge in [-0.1, -0.05) is 34.5 Å². The van der Waals surface area contributed by atoms with Gasteiger partial charge in [-0.15, -0.1) is 0 Å². The first-order valence-electron chi connectivity index (χ1n) is 5.62. The molecule has 0 heterocycles.